The SMILES string of the molecule is O=C(Nc1cccc(Cl)c1)c1cccc(-n2cnnn2)c1. The monoisotopic (exact) mass is 299 g/mol. The van der Waals surface area contributed by atoms with Gasteiger partial charge in [0.05, 0.1) is 5.69 Å². The summed E-state index contributed by atoms with van der Waals surface area (Å²) in [6.07, 6.45) is 1.47. The number of benzene rings is 2. The minimum atomic E-state index is -0.229. The normalized spacial score (nSPS) is 10.3. The zero-order valence-corrected chi connectivity index (χ0v) is 11.5. The summed E-state index contributed by atoms with van der Waals surface area (Å²) in [6.45, 7) is 0. The first-order valence-electron chi connectivity index (χ1n) is 6.13. The van der Waals surface area contributed by atoms with E-state index < -0.39 is 0 Å². The number of hydrogen-bond acceptors (Lipinski definition) is 4. The Morgan fingerprint density at radius 2 is 2.00 bits per heavy atom. The zero-order valence-electron chi connectivity index (χ0n) is 10.8. The molecule has 7 heteroatoms. The van der Waals surface area contributed by atoms with Crippen LogP contribution < -0.4 is 5.32 Å². The van der Waals surface area contributed by atoms with E-state index >= 15 is 0 Å². The standard InChI is InChI=1S/C14H10ClN5O/c15-11-4-2-5-12(8-11)17-14(21)10-3-1-6-13(7-10)20-9-16-18-19-20/h1-9H,(H,17,21). The molecule has 1 amide bonds. The van der Waals surface area contributed by atoms with Crippen molar-refractivity contribution in [2.45, 2.75) is 0 Å². The number of nitrogens with one attached hydrogen (secondary N) is 1. The van der Waals surface area contributed by atoms with E-state index in [4.69, 9.17) is 11.6 Å². The van der Waals surface area contributed by atoms with Gasteiger partial charge in [-0.25, -0.2) is 4.68 Å². The highest BCUT2D eigenvalue weighted by molar-refractivity contribution is 6.30. The molecule has 6 nitrogen and oxygen atoms in total. The molecule has 3 aromatic rings. The van der Waals surface area contributed by atoms with Crippen LogP contribution in [0, 0.1) is 0 Å². The number of carbonyl (C=O) groups is 1. The number of tetrazole rings is 1. The van der Waals surface area contributed by atoms with Crippen molar-refractivity contribution in [3.63, 3.8) is 0 Å². The van der Waals surface area contributed by atoms with Gasteiger partial charge in [0.2, 0.25) is 0 Å². The average Bonchev–Trinajstić information content (AvgIpc) is 3.02. The van der Waals surface area contributed by atoms with Gasteiger partial charge in [0.15, 0.2) is 0 Å². The lowest BCUT2D eigenvalue weighted by atomic mass is 10.2. The number of nitrogens with zero attached hydrogens (tertiary/aromatic N) is 4. The van der Waals surface area contributed by atoms with Gasteiger partial charge < -0.3 is 5.32 Å². The second-order valence-electron chi connectivity index (χ2n) is 4.27. The topological polar surface area (TPSA) is 72.7 Å². The largest absolute Gasteiger partial charge is 0.322 e. The van der Waals surface area contributed by atoms with Crippen LogP contribution in [0.3, 0.4) is 0 Å². The fraction of sp³-hybridized carbons (Fsp3) is 0. The van der Waals surface area contributed by atoms with Gasteiger partial charge in [0.1, 0.15) is 6.33 Å². The molecule has 0 bridgehead atoms. The molecule has 3 rings (SSSR count). The third kappa shape index (κ3) is 3.06. The van der Waals surface area contributed by atoms with E-state index in [1.807, 2.05) is 6.07 Å². The van der Waals surface area contributed by atoms with Crippen molar-refractivity contribution >= 4 is 23.2 Å². The molecule has 0 unspecified atom stereocenters. The van der Waals surface area contributed by atoms with Gasteiger partial charge in [-0.2, -0.15) is 0 Å². The number of aromatic nitrogens is 4. The molecule has 0 aliphatic rings. The highest BCUT2D eigenvalue weighted by Gasteiger charge is 2.08. The van der Waals surface area contributed by atoms with Crippen LogP contribution in [0.15, 0.2) is 54.9 Å². The molecule has 21 heavy (non-hydrogen) atoms. The molecule has 2 aromatic carbocycles. The van der Waals surface area contributed by atoms with Crippen LogP contribution in [0.25, 0.3) is 5.69 Å². The van der Waals surface area contributed by atoms with Gasteiger partial charge in [-0.3, -0.25) is 4.79 Å². The van der Waals surface area contributed by atoms with Crippen molar-refractivity contribution in [3.05, 3.63) is 65.4 Å². The molecular weight excluding hydrogens is 290 g/mol. The van der Waals surface area contributed by atoms with Gasteiger partial charge in [0, 0.05) is 16.3 Å². The van der Waals surface area contributed by atoms with E-state index in [9.17, 15) is 4.79 Å². The first-order chi connectivity index (χ1) is 10.2. The van der Waals surface area contributed by atoms with Gasteiger partial charge in [0.25, 0.3) is 5.91 Å². The van der Waals surface area contributed by atoms with Crippen LogP contribution in [0.1, 0.15) is 10.4 Å². The lowest BCUT2D eigenvalue weighted by molar-refractivity contribution is 0.102. The van der Waals surface area contributed by atoms with Crippen LogP contribution >= 0.6 is 11.6 Å². The van der Waals surface area contributed by atoms with E-state index in [-0.39, 0.29) is 5.91 Å². The Morgan fingerprint density at radius 1 is 1.14 bits per heavy atom. The van der Waals surface area contributed by atoms with Gasteiger partial charge in [-0.05, 0) is 46.8 Å². The van der Waals surface area contributed by atoms with Gasteiger partial charge in [-0.15, -0.1) is 5.10 Å². The summed E-state index contributed by atoms with van der Waals surface area (Å²) in [7, 11) is 0. The molecule has 0 saturated heterocycles. The zero-order chi connectivity index (χ0) is 14.7. The molecule has 0 spiro atoms. The molecule has 1 N–H and O–H groups in total. The minimum Gasteiger partial charge on any atom is -0.322 e. The second-order valence-corrected chi connectivity index (χ2v) is 4.71. The summed E-state index contributed by atoms with van der Waals surface area (Å²) in [5.74, 6) is -0.229. The molecule has 0 radical (unpaired) electrons. The molecule has 1 aromatic heterocycles. The molecule has 104 valence electrons. The lowest BCUT2D eigenvalue weighted by Gasteiger charge is -2.07. The van der Waals surface area contributed by atoms with E-state index in [1.165, 1.54) is 11.0 Å². The highest BCUT2D eigenvalue weighted by atomic mass is 35.5. The summed E-state index contributed by atoms with van der Waals surface area (Å²) in [6, 6.07) is 14.0. The lowest BCUT2D eigenvalue weighted by Crippen LogP contribution is -2.12. The molecule has 0 aliphatic carbocycles. The Bertz CT molecular complexity index is 773. The van der Waals surface area contributed by atoms with Crippen LogP contribution in [0.4, 0.5) is 5.69 Å². The highest BCUT2D eigenvalue weighted by Crippen LogP contribution is 2.16. The average molecular weight is 300 g/mol. The first kappa shape index (κ1) is 13.3. The molecule has 1 heterocycles. The van der Waals surface area contributed by atoms with Crippen molar-refractivity contribution < 1.29 is 4.79 Å². The quantitative estimate of drug-likeness (QED) is 0.806. The van der Waals surface area contributed by atoms with Crippen molar-refractivity contribution in [2.24, 2.45) is 0 Å². The smallest absolute Gasteiger partial charge is 0.255 e. The van der Waals surface area contributed by atoms with Crippen molar-refractivity contribution in [1.29, 1.82) is 0 Å². The van der Waals surface area contributed by atoms with Crippen LogP contribution in [-0.2, 0) is 0 Å². The molecule has 0 fully saturated rings. The summed E-state index contributed by atoms with van der Waals surface area (Å²) < 4.78 is 1.48. The maximum atomic E-state index is 12.2. The Kier molecular flexibility index (Phi) is 3.61. The predicted octanol–water partition coefficient (Wildman–Crippen LogP) is 2.57. The second kappa shape index (κ2) is 5.72. The number of halogens is 1. The number of carbonyl (C=O) groups excluding carboxylic acids is 1. The number of amides is 1. The fourth-order valence-electron chi connectivity index (χ4n) is 1.84. The van der Waals surface area contributed by atoms with Crippen molar-refractivity contribution in [3.8, 4) is 5.69 Å². The van der Waals surface area contributed by atoms with E-state index in [0.717, 1.165) is 0 Å². The fourth-order valence-corrected chi connectivity index (χ4v) is 2.03. The number of anilines is 1. The third-order valence-corrected chi connectivity index (χ3v) is 3.04. The Hall–Kier alpha value is -2.73. The Morgan fingerprint density at radius 3 is 2.76 bits per heavy atom. The number of hydrogen-bond donors (Lipinski definition) is 1. The van der Waals surface area contributed by atoms with Gasteiger partial charge in [-0.1, -0.05) is 23.7 Å². The summed E-state index contributed by atoms with van der Waals surface area (Å²) in [5, 5.41) is 14.3. The van der Waals surface area contributed by atoms with E-state index in [1.54, 1.807) is 42.5 Å². The number of rotatable bonds is 3. The van der Waals surface area contributed by atoms with Crippen LogP contribution in [0.2, 0.25) is 5.02 Å². The van der Waals surface area contributed by atoms with Crippen molar-refractivity contribution in [1.82, 2.24) is 20.2 Å². The Labute approximate surface area is 125 Å². The van der Waals surface area contributed by atoms with Crippen LogP contribution in [-0.4, -0.2) is 26.1 Å². The third-order valence-electron chi connectivity index (χ3n) is 2.80. The predicted molar refractivity (Wildman–Crippen MR) is 78.6 cm³/mol. The van der Waals surface area contributed by atoms with E-state index in [2.05, 4.69) is 20.8 Å². The van der Waals surface area contributed by atoms with Crippen LogP contribution in [0.5, 0.6) is 0 Å². The Balaban J connectivity index is 1.83. The van der Waals surface area contributed by atoms with E-state index in [0.29, 0.717) is 22.0 Å². The first-order valence-corrected chi connectivity index (χ1v) is 6.50. The minimum absolute atomic E-state index is 0.229. The summed E-state index contributed by atoms with van der Waals surface area (Å²) in [4.78, 5) is 12.2. The molecular formula is C14H10ClN5O. The van der Waals surface area contributed by atoms with Crippen molar-refractivity contribution in [2.75, 3.05) is 5.32 Å². The summed E-state index contributed by atoms with van der Waals surface area (Å²) in [5.41, 5.74) is 1.85. The maximum absolute atomic E-state index is 12.2. The maximum Gasteiger partial charge on any atom is 0.255 e. The molecule has 0 aliphatic heterocycles. The summed E-state index contributed by atoms with van der Waals surface area (Å²) >= 11 is 5.89. The molecule has 0 saturated carbocycles. The molecule has 0 atom stereocenters. The van der Waals surface area contributed by atoms with Gasteiger partial charge >= 0.3 is 0 Å².